The summed E-state index contributed by atoms with van der Waals surface area (Å²) in [7, 11) is 1.70. The number of carbonyl (C=O) groups excluding carboxylic acids is 2. The molecule has 0 radical (unpaired) electrons. The number of imide groups is 1. The van der Waals surface area contributed by atoms with E-state index in [1.165, 1.54) is 4.90 Å². The summed E-state index contributed by atoms with van der Waals surface area (Å²) in [5.74, 6) is 0.111. The molecular formula is C18H24N2O4. The second kappa shape index (κ2) is 7.97. The van der Waals surface area contributed by atoms with E-state index in [2.05, 4.69) is 0 Å². The highest BCUT2D eigenvalue weighted by molar-refractivity contribution is 6.35. The van der Waals surface area contributed by atoms with Gasteiger partial charge in [0.15, 0.2) is 0 Å². The maximum Gasteiger partial charge on any atom is 0.277 e. The molecule has 0 spiro atoms. The SMILES string of the molecule is CCCOc1ccc(C2=C(N(C)CCO)C(=O)N(CC)C2=O)cc1. The fourth-order valence-corrected chi connectivity index (χ4v) is 2.66. The van der Waals surface area contributed by atoms with Gasteiger partial charge in [0.05, 0.1) is 18.8 Å². The van der Waals surface area contributed by atoms with Gasteiger partial charge < -0.3 is 14.7 Å². The molecule has 0 aliphatic carbocycles. The number of hydrogen-bond donors (Lipinski definition) is 1. The Bertz CT molecular complexity index is 637. The standard InChI is InChI=1S/C18H24N2O4/c1-4-12-24-14-8-6-13(7-9-14)15-16(19(3)10-11-21)18(23)20(5-2)17(15)22/h6-9,21H,4-5,10-12H2,1-3H3. The molecule has 0 aromatic heterocycles. The predicted octanol–water partition coefficient (Wildman–Crippen LogP) is 1.50. The van der Waals surface area contributed by atoms with E-state index in [0.717, 1.165) is 12.2 Å². The molecule has 6 heteroatoms. The number of rotatable bonds is 8. The van der Waals surface area contributed by atoms with Crippen LogP contribution >= 0.6 is 0 Å². The van der Waals surface area contributed by atoms with E-state index in [1.807, 2.05) is 6.92 Å². The highest BCUT2D eigenvalue weighted by atomic mass is 16.5. The predicted molar refractivity (Wildman–Crippen MR) is 91.3 cm³/mol. The van der Waals surface area contributed by atoms with Gasteiger partial charge in [-0.05, 0) is 31.0 Å². The molecule has 130 valence electrons. The monoisotopic (exact) mass is 332 g/mol. The summed E-state index contributed by atoms with van der Waals surface area (Å²) in [5.41, 5.74) is 1.38. The summed E-state index contributed by atoms with van der Waals surface area (Å²) in [5, 5.41) is 9.16. The van der Waals surface area contributed by atoms with E-state index < -0.39 is 0 Å². The lowest BCUT2D eigenvalue weighted by atomic mass is 10.0. The molecule has 1 aromatic carbocycles. The van der Waals surface area contributed by atoms with E-state index in [-0.39, 0.29) is 25.0 Å². The van der Waals surface area contributed by atoms with E-state index in [1.54, 1.807) is 43.1 Å². The Morgan fingerprint density at radius 2 is 1.79 bits per heavy atom. The van der Waals surface area contributed by atoms with Gasteiger partial charge >= 0.3 is 0 Å². The number of carbonyl (C=O) groups is 2. The molecule has 1 aliphatic rings. The molecule has 2 rings (SSSR count). The molecule has 0 saturated heterocycles. The second-order valence-electron chi connectivity index (χ2n) is 5.60. The molecule has 6 nitrogen and oxygen atoms in total. The average molecular weight is 332 g/mol. The Kier molecular flexibility index (Phi) is 5.98. The summed E-state index contributed by atoms with van der Waals surface area (Å²) >= 11 is 0. The normalized spacial score (nSPS) is 14.6. The molecule has 24 heavy (non-hydrogen) atoms. The number of likely N-dealkylation sites (N-methyl/N-ethyl adjacent to an activating group) is 2. The maximum atomic E-state index is 12.7. The highest BCUT2D eigenvalue weighted by Gasteiger charge is 2.39. The largest absolute Gasteiger partial charge is 0.494 e. The second-order valence-corrected chi connectivity index (χ2v) is 5.60. The lowest BCUT2D eigenvalue weighted by molar-refractivity contribution is -0.137. The van der Waals surface area contributed by atoms with E-state index in [0.29, 0.717) is 30.0 Å². The maximum absolute atomic E-state index is 12.7. The van der Waals surface area contributed by atoms with Gasteiger partial charge in [0.2, 0.25) is 0 Å². The van der Waals surface area contributed by atoms with Crippen LogP contribution in [0.5, 0.6) is 5.75 Å². The van der Waals surface area contributed by atoms with Gasteiger partial charge in [0.25, 0.3) is 11.8 Å². The van der Waals surface area contributed by atoms with Gasteiger partial charge in [-0.3, -0.25) is 14.5 Å². The molecule has 1 aliphatic heterocycles. The first-order valence-corrected chi connectivity index (χ1v) is 8.20. The summed E-state index contributed by atoms with van der Waals surface area (Å²) in [6.07, 6.45) is 0.918. The van der Waals surface area contributed by atoms with Crippen LogP contribution in [0.3, 0.4) is 0 Å². The van der Waals surface area contributed by atoms with Crippen molar-refractivity contribution in [1.82, 2.24) is 9.80 Å². The van der Waals surface area contributed by atoms with Crippen LogP contribution in [0.15, 0.2) is 30.0 Å². The molecule has 2 amide bonds. The molecular weight excluding hydrogens is 308 g/mol. The van der Waals surface area contributed by atoms with Crippen LogP contribution < -0.4 is 4.74 Å². The average Bonchev–Trinajstić information content (AvgIpc) is 2.84. The van der Waals surface area contributed by atoms with Gasteiger partial charge in [-0.15, -0.1) is 0 Å². The van der Waals surface area contributed by atoms with Gasteiger partial charge in [0, 0.05) is 20.1 Å². The molecule has 1 heterocycles. The van der Waals surface area contributed by atoms with Gasteiger partial charge in [0.1, 0.15) is 11.4 Å². The minimum Gasteiger partial charge on any atom is -0.494 e. The molecule has 0 unspecified atom stereocenters. The van der Waals surface area contributed by atoms with E-state index in [9.17, 15) is 9.59 Å². The zero-order chi connectivity index (χ0) is 17.7. The fraction of sp³-hybridized carbons (Fsp3) is 0.444. The van der Waals surface area contributed by atoms with Crippen LogP contribution in [0.1, 0.15) is 25.8 Å². The minimum atomic E-state index is -0.320. The Morgan fingerprint density at radius 1 is 1.12 bits per heavy atom. The third-order valence-electron chi connectivity index (χ3n) is 3.89. The number of amides is 2. The Hall–Kier alpha value is -2.34. The summed E-state index contributed by atoms with van der Waals surface area (Å²) in [6, 6.07) is 7.18. The first-order valence-electron chi connectivity index (χ1n) is 8.20. The molecule has 0 saturated carbocycles. The zero-order valence-corrected chi connectivity index (χ0v) is 14.4. The number of aliphatic hydroxyl groups excluding tert-OH is 1. The fourth-order valence-electron chi connectivity index (χ4n) is 2.66. The summed E-state index contributed by atoms with van der Waals surface area (Å²) in [6.45, 7) is 4.94. The lowest BCUT2D eigenvalue weighted by Crippen LogP contribution is -2.34. The van der Waals surface area contributed by atoms with Gasteiger partial charge in [-0.25, -0.2) is 0 Å². The Labute approximate surface area is 142 Å². The molecule has 0 fully saturated rings. The molecule has 0 bridgehead atoms. The van der Waals surface area contributed by atoms with Gasteiger partial charge in [-0.1, -0.05) is 19.1 Å². The highest BCUT2D eigenvalue weighted by Crippen LogP contribution is 2.31. The van der Waals surface area contributed by atoms with Crippen molar-refractivity contribution >= 4 is 17.4 Å². The van der Waals surface area contributed by atoms with Crippen molar-refractivity contribution in [1.29, 1.82) is 0 Å². The third-order valence-corrected chi connectivity index (χ3v) is 3.89. The lowest BCUT2D eigenvalue weighted by Gasteiger charge is -2.19. The van der Waals surface area contributed by atoms with Crippen molar-refractivity contribution in [3.05, 3.63) is 35.5 Å². The minimum absolute atomic E-state index is 0.0926. The van der Waals surface area contributed by atoms with Crippen molar-refractivity contribution in [2.45, 2.75) is 20.3 Å². The van der Waals surface area contributed by atoms with Crippen molar-refractivity contribution < 1.29 is 19.4 Å². The third kappa shape index (κ3) is 3.43. The van der Waals surface area contributed by atoms with Crippen LogP contribution in [-0.2, 0) is 9.59 Å². The van der Waals surface area contributed by atoms with Crippen LogP contribution in [0, 0.1) is 0 Å². The topological polar surface area (TPSA) is 70.1 Å². The first-order chi connectivity index (χ1) is 11.5. The summed E-state index contributed by atoms with van der Waals surface area (Å²) < 4.78 is 5.55. The number of nitrogens with zero attached hydrogens (tertiary/aromatic N) is 2. The van der Waals surface area contributed by atoms with E-state index in [4.69, 9.17) is 9.84 Å². The smallest absolute Gasteiger partial charge is 0.277 e. The van der Waals surface area contributed by atoms with Crippen LogP contribution in [0.4, 0.5) is 0 Å². The Balaban J connectivity index is 2.41. The number of ether oxygens (including phenoxy) is 1. The summed E-state index contributed by atoms with van der Waals surface area (Å²) in [4.78, 5) is 28.1. The van der Waals surface area contributed by atoms with Crippen LogP contribution in [-0.4, -0.2) is 60.1 Å². The van der Waals surface area contributed by atoms with Gasteiger partial charge in [-0.2, -0.15) is 0 Å². The molecule has 1 aromatic rings. The van der Waals surface area contributed by atoms with Crippen molar-refractivity contribution in [3.8, 4) is 5.75 Å². The number of benzene rings is 1. The molecule has 0 atom stereocenters. The zero-order valence-electron chi connectivity index (χ0n) is 14.4. The number of aliphatic hydroxyl groups is 1. The van der Waals surface area contributed by atoms with E-state index >= 15 is 0 Å². The van der Waals surface area contributed by atoms with Crippen molar-refractivity contribution in [2.75, 3.05) is 33.4 Å². The number of hydrogen-bond acceptors (Lipinski definition) is 5. The first kappa shape index (κ1) is 18.0. The van der Waals surface area contributed by atoms with Crippen molar-refractivity contribution in [3.63, 3.8) is 0 Å². The molecule has 1 N–H and O–H groups in total. The van der Waals surface area contributed by atoms with Crippen LogP contribution in [0.2, 0.25) is 0 Å². The van der Waals surface area contributed by atoms with Crippen LogP contribution in [0.25, 0.3) is 5.57 Å². The quantitative estimate of drug-likeness (QED) is 0.731. The van der Waals surface area contributed by atoms with Crippen molar-refractivity contribution in [2.24, 2.45) is 0 Å². The Morgan fingerprint density at radius 3 is 2.33 bits per heavy atom.